The van der Waals surface area contributed by atoms with E-state index in [1.165, 1.54) is 0 Å². The summed E-state index contributed by atoms with van der Waals surface area (Å²) in [6.07, 6.45) is 3.63. The molecule has 1 aliphatic rings. The molecule has 1 aliphatic heterocycles. The van der Waals surface area contributed by atoms with Gasteiger partial charge in [0.2, 0.25) is 0 Å². The minimum Gasteiger partial charge on any atom is -0.446 e. The summed E-state index contributed by atoms with van der Waals surface area (Å²) in [5.74, 6) is -0.0544. The predicted molar refractivity (Wildman–Crippen MR) is 42.0 cm³/mol. The van der Waals surface area contributed by atoms with Crippen molar-refractivity contribution in [2.45, 2.75) is 31.9 Å². The number of hydrogen-bond acceptors (Lipinski definition) is 3. The zero-order valence-electron chi connectivity index (χ0n) is 7.17. The minimum absolute atomic E-state index is 0.00463. The number of carbonyl (C=O) groups is 1. The summed E-state index contributed by atoms with van der Waals surface area (Å²) in [4.78, 5) is 12.9. The molecule has 0 spiro atoms. The van der Waals surface area contributed by atoms with E-state index in [1.807, 2.05) is 19.0 Å². The first-order chi connectivity index (χ1) is 5.20. The molecule has 1 heterocycles. The van der Waals surface area contributed by atoms with E-state index in [1.54, 1.807) is 0 Å². The van der Waals surface area contributed by atoms with Crippen LogP contribution in [0.25, 0.3) is 0 Å². The Kier molecular flexibility index (Phi) is 2.88. The molecule has 11 heavy (non-hydrogen) atoms. The number of nitrogens with zero attached hydrogens (tertiary/aromatic N) is 1. The average molecular weight is 157 g/mol. The van der Waals surface area contributed by atoms with Crippen LogP contribution in [0.2, 0.25) is 0 Å². The lowest BCUT2D eigenvalue weighted by atomic mass is 10.2. The van der Waals surface area contributed by atoms with Gasteiger partial charge in [0.25, 0.3) is 0 Å². The third kappa shape index (κ3) is 2.50. The summed E-state index contributed by atoms with van der Waals surface area (Å²) in [6.45, 7) is 0. The Morgan fingerprint density at radius 1 is 1.45 bits per heavy atom. The smallest absolute Gasteiger partial charge is 0.307 e. The van der Waals surface area contributed by atoms with E-state index in [9.17, 15) is 4.79 Å². The van der Waals surface area contributed by atoms with Gasteiger partial charge in [-0.05, 0) is 33.4 Å². The molecule has 1 fully saturated rings. The van der Waals surface area contributed by atoms with Crippen molar-refractivity contribution in [3.63, 3.8) is 0 Å². The Labute approximate surface area is 67.3 Å². The lowest BCUT2D eigenvalue weighted by Gasteiger charge is -2.21. The fourth-order valence-electron chi connectivity index (χ4n) is 1.22. The van der Waals surface area contributed by atoms with Gasteiger partial charge in [0.15, 0.2) is 6.23 Å². The SMILES string of the molecule is CN(C)C1CCCCC(=O)O1. The number of hydrogen-bond donors (Lipinski definition) is 0. The normalized spacial score (nSPS) is 26.5. The van der Waals surface area contributed by atoms with Gasteiger partial charge in [-0.15, -0.1) is 0 Å². The van der Waals surface area contributed by atoms with Gasteiger partial charge in [-0.3, -0.25) is 9.69 Å². The highest BCUT2D eigenvalue weighted by Crippen LogP contribution is 2.14. The Hall–Kier alpha value is -0.570. The van der Waals surface area contributed by atoms with Crippen LogP contribution < -0.4 is 0 Å². The third-order valence-corrected chi connectivity index (χ3v) is 1.93. The number of rotatable bonds is 1. The number of esters is 1. The van der Waals surface area contributed by atoms with Crippen molar-refractivity contribution in [2.24, 2.45) is 0 Å². The van der Waals surface area contributed by atoms with Crippen molar-refractivity contribution >= 4 is 5.97 Å². The van der Waals surface area contributed by atoms with Gasteiger partial charge < -0.3 is 4.74 Å². The van der Waals surface area contributed by atoms with Crippen molar-refractivity contribution < 1.29 is 9.53 Å². The van der Waals surface area contributed by atoms with Crippen molar-refractivity contribution in [3.05, 3.63) is 0 Å². The van der Waals surface area contributed by atoms with Crippen LogP contribution >= 0.6 is 0 Å². The molecule has 0 aromatic rings. The van der Waals surface area contributed by atoms with Crippen LogP contribution in [0.3, 0.4) is 0 Å². The molecule has 0 bridgehead atoms. The van der Waals surface area contributed by atoms with E-state index >= 15 is 0 Å². The largest absolute Gasteiger partial charge is 0.446 e. The molecule has 1 unspecified atom stereocenters. The van der Waals surface area contributed by atoms with Gasteiger partial charge in [-0.1, -0.05) is 0 Å². The lowest BCUT2D eigenvalue weighted by Crippen LogP contribution is -2.31. The van der Waals surface area contributed by atoms with E-state index in [-0.39, 0.29) is 12.2 Å². The molecule has 0 saturated carbocycles. The monoisotopic (exact) mass is 157 g/mol. The highest BCUT2D eigenvalue weighted by atomic mass is 16.6. The van der Waals surface area contributed by atoms with Crippen molar-refractivity contribution in [1.29, 1.82) is 0 Å². The molecular formula is C8H15NO2. The highest BCUT2D eigenvalue weighted by Gasteiger charge is 2.19. The standard InChI is InChI=1S/C8H15NO2/c1-9(2)7-5-3-4-6-8(10)11-7/h7H,3-6H2,1-2H3. The molecular weight excluding hydrogens is 142 g/mol. The maximum Gasteiger partial charge on any atom is 0.307 e. The van der Waals surface area contributed by atoms with Gasteiger partial charge >= 0.3 is 5.97 Å². The summed E-state index contributed by atoms with van der Waals surface area (Å²) < 4.78 is 5.16. The Bertz CT molecular complexity index is 145. The van der Waals surface area contributed by atoms with Crippen LogP contribution in [-0.2, 0) is 9.53 Å². The molecule has 3 heteroatoms. The zero-order chi connectivity index (χ0) is 8.27. The fraction of sp³-hybridized carbons (Fsp3) is 0.875. The summed E-state index contributed by atoms with van der Waals surface area (Å²) in [5, 5.41) is 0. The number of carbonyl (C=O) groups excluding carboxylic acids is 1. The molecule has 0 aromatic heterocycles. The summed E-state index contributed by atoms with van der Waals surface area (Å²) in [6, 6.07) is 0. The Morgan fingerprint density at radius 2 is 2.18 bits per heavy atom. The molecule has 0 aromatic carbocycles. The second kappa shape index (κ2) is 3.72. The number of ether oxygens (including phenoxy) is 1. The van der Waals surface area contributed by atoms with Crippen LogP contribution in [0.4, 0.5) is 0 Å². The van der Waals surface area contributed by atoms with Gasteiger partial charge in [0.05, 0.1) is 0 Å². The van der Waals surface area contributed by atoms with Crippen molar-refractivity contribution in [2.75, 3.05) is 14.1 Å². The minimum atomic E-state index is -0.0544. The maximum absolute atomic E-state index is 10.9. The van der Waals surface area contributed by atoms with Crippen LogP contribution in [-0.4, -0.2) is 31.2 Å². The quantitative estimate of drug-likeness (QED) is 0.532. The van der Waals surface area contributed by atoms with Crippen LogP contribution in [0.1, 0.15) is 25.7 Å². The maximum atomic E-state index is 10.9. The molecule has 1 saturated heterocycles. The van der Waals surface area contributed by atoms with E-state index in [0.717, 1.165) is 19.3 Å². The fourth-order valence-corrected chi connectivity index (χ4v) is 1.22. The van der Waals surface area contributed by atoms with Gasteiger partial charge in [-0.25, -0.2) is 0 Å². The van der Waals surface area contributed by atoms with Gasteiger partial charge in [0, 0.05) is 6.42 Å². The first kappa shape index (κ1) is 8.53. The first-order valence-electron chi connectivity index (χ1n) is 4.06. The molecule has 0 N–H and O–H groups in total. The summed E-state index contributed by atoms with van der Waals surface area (Å²) in [7, 11) is 3.87. The van der Waals surface area contributed by atoms with E-state index in [4.69, 9.17) is 4.74 Å². The Balaban J connectivity index is 2.45. The van der Waals surface area contributed by atoms with E-state index in [2.05, 4.69) is 0 Å². The summed E-state index contributed by atoms with van der Waals surface area (Å²) >= 11 is 0. The average Bonchev–Trinajstić information content (AvgIpc) is 2.13. The second-order valence-corrected chi connectivity index (χ2v) is 3.15. The van der Waals surface area contributed by atoms with Crippen LogP contribution in [0, 0.1) is 0 Å². The van der Waals surface area contributed by atoms with Crippen molar-refractivity contribution in [3.8, 4) is 0 Å². The van der Waals surface area contributed by atoms with Gasteiger partial charge in [-0.2, -0.15) is 0 Å². The molecule has 3 nitrogen and oxygen atoms in total. The topological polar surface area (TPSA) is 29.5 Å². The Morgan fingerprint density at radius 3 is 2.82 bits per heavy atom. The molecule has 0 aliphatic carbocycles. The zero-order valence-corrected chi connectivity index (χ0v) is 7.17. The van der Waals surface area contributed by atoms with Crippen LogP contribution in [0.15, 0.2) is 0 Å². The molecule has 0 amide bonds. The molecule has 64 valence electrons. The molecule has 1 rings (SSSR count). The lowest BCUT2D eigenvalue weighted by molar-refractivity contribution is -0.155. The second-order valence-electron chi connectivity index (χ2n) is 3.15. The van der Waals surface area contributed by atoms with E-state index in [0.29, 0.717) is 6.42 Å². The van der Waals surface area contributed by atoms with E-state index < -0.39 is 0 Å². The first-order valence-corrected chi connectivity index (χ1v) is 4.06. The molecule has 0 radical (unpaired) electrons. The molecule has 1 atom stereocenters. The highest BCUT2D eigenvalue weighted by molar-refractivity contribution is 5.69. The summed E-state index contributed by atoms with van der Waals surface area (Å²) in [5.41, 5.74) is 0. The predicted octanol–water partition coefficient (Wildman–Crippen LogP) is 0.991. The van der Waals surface area contributed by atoms with Gasteiger partial charge in [0.1, 0.15) is 0 Å². The van der Waals surface area contributed by atoms with Crippen molar-refractivity contribution in [1.82, 2.24) is 4.90 Å². The number of cyclic esters (lactones) is 1. The third-order valence-electron chi connectivity index (χ3n) is 1.93. The van der Waals surface area contributed by atoms with Crippen LogP contribution in [0.5, 0.6) is 0 Å².